The summed E-state index contributed by atoms with van der Waals surface area (Å²) in [6.45, 7) is 4.52. The number of allylic oxidation sites excluding steroid dienone is 4. The maximum Gasteiger partial charge on any atom is -0.0279 e. The van der Waals surface area contributed by atoms with Gasteiger partial charge in [-0.2, -0.15) is 0 Å². The lowest BCUT2D eigenvalue weighted by molar-refractivity contribution is 0.671. The van der Waals surface area contributed by atoms with E-state index in [1.807, 2.05) is 0 Å². The molecule has 0 bridgehead atoms. The monoisotopic (exact) mass is 192 g/mol. The SMILES string of the molecule is CCC/C=C1\CCCC\C1=C/CCC. The standard InChI is InChI=1S/C14H24/c1-3-5-9-13-11-7-8-12-14(13)10-6-4-2/h9-10H,3-8,11-12H2,1-2H3/b13-9+,14-10+. The molecule has 0 atom stereocenters. The van der Waals surface area contributed by atoms with Gasteiger partial charge < -0.3 is 0 Å². The van der Waals surface area contributed by atoms with Crippen molar-refractivity contribution in [3.05, 3.63) is 23.3 Å². The van der Waals surface area contributed by atoms with Gasteiger partial charge in [0.05, 0.1) is 0 Å². The van der Waals surface area contributed by atoms with Gasteiger partial charge in [-0.3, -0.25) is 0 Å². The van der Waals surface area contributed by atoms with Crippen molar-refractivity contribution >= 4 is 0 Å². The molecule has 0 heteroatoms. The van der Waals surface area contributed by atoms with Crippen LogP contribution in [-0.4, -0.2) is 0 Å². The van der Waals surface area contributed by atoms with Gasteiger partial charge in [0.15, 0.2) is 0 Å². The molecular weight excluding hydrogens is 168 g/mol. The Morgan fingerprint density at radius 3 is 1.64 bits per heavy atom. The smallest absolute Gasteiger partial charge is 0.0279 e. The number of hydrogen-bond donors (Lipinski definition) is 0. The molecule has 0 nitrogen and oxygen atoms in total. The van der Waals surface area contributed by atoms with Crippen molar-refractivity contribution in [2.45, 2.75) is 65.2 Å². The topological polar surface area (TPSA) is 0 Å². The third kappa shape index (κ3) is 3.69. The third-order valence-electron chi connectivity index (χ3n) is 2.91. The molecule has 0 spiro atoms. The van der Waals surface area contributed by atoms with Crippen molar-refractivity contribution in [3.8, 4) is 0 Å². The Labute approximate surface area is 89.1 Å². The van der Waals surface area contributed by atoms with Crippen molar-refractivity contribution in [3.63, 3.8) is 0 Å². The van der Waals surface area contributed by atoms with Crippen LogP contribution in [0.2, 0.25) is 0 Å². The van der Waals surface area contributed by atoms with Crippen LogP contribution < -0.4 is 0 Å². The van der Waals surface area contributed by atoms with Gasteiger partial charge in [0.25, 0.3) is 0 Å². The summed E-state index contributed by atoms with van der Waals surface area (Å²) in [6, 6.07) is 0. The van der Waals surface area contributed by atoms with Gasteiger partial charge in [-0.25, -0.2) is 0 Å². The molecule has 0 amide bonds. The average Bonchev–Trinajstić information content (AvgIpc) is 2.24. The predicted octanol–water partition coefficient (Wildman–Crippen LogP) is 5.01. The minimum atomic E-state index is 1.26. The van der Waals surface area contributed by atoms with Gasteiger partial charge in [0.2, 0.25) is 0 Å². The molecule has 0 saturated heterocycles. The molecule has 1 rings (SSSR count). The predicted molar refractivity (Wildman–Crippen MR) is 64.5 cm³/mol. The van der Waals surface area contributed by atoms with Crippen molar-refractivity contribution in [2.24, 2.45) is 0 Å². The minimum absolute atomic E-state index is 1.26. The van der Waals surface area contributed by atoms with Crippen LogP contribution in [0.5, 0.6) is 0 Å². The molecule has 0 aliphatic heterocycles. The Kier molecular flexibility index (Phi) is 5.66. The second kappa shape index (κ2) is 6.86. The van der Waals surface area contributed by atoms with Crippen LogP contribution in [0, 0.1) is 0 Å². The van der Waals surface area contributed by atoms with Crippen LogP contribution in [0.1, 0.15) is 65.2 Å². The van der Waals surface area contributed by atoms with Crippen molar-refractivity contribution in [2.75, 3.05) is 0 Å². The van der Waals surface area contributed by atoms with Crippen LogP contribution in [0.15, 0.2) is 23.3 Å². The van der Waals surface area contributed by atoms with E-state index in [1.165, 1.54) is 51.4 Å². The lowest BCUT2D eigenvalue weighted by atomic mass is 9.88. The molecule has 0 aromatic heterocycles. The van der Waals surface area contributed by atoms with Crippen molar-refractivity contribution < 1.29 is 0 Å². The summed E-state index contributed by atoms with van der Waals surface area (Å²) in [6.07, 6.45) is 15.5. The number of unbranched alkanes of at least 4 members (excludes halogenated alkanes) is 2. The number of hydrogen-bond acceptors (Lipinski definition) is 0. The highest BCUT2D eigenvalue weighted by atomic mass is 14.2. The van der Waals surface area contributed by atoms with Gasteiger partial charge in [-0.05, 0) is 49.7 Å². The van der Waals surface area contributed by atoms with E-state index >= 15 is 0 Å². The van der Waals surface area contributed by atoms with Gasteiger partial charge in [0, 0.05) is 0 Å². The highest BCUT2D eigenvalue weighted by molar-refractivity contribution is 5.32. The Bertz CT molecular complexity index is 184. The van der Waals surface area contributed by atoms with Crippen LogP contribution in [0.25, 0.3) is 0 Å². The summed E-state index contributed by atoms with van der Waals surface area (Å²) >= 11 is 0. The van der Waals surface area contributed by atoms with E-state index in [9.17, 15) is 0 Å². The second-order valence-electron chi connectivity index (χ2n) is 4.24. The molecule has 1 aliphatic carbocycles. The van der Waals surface area contributed by atoms with Gasteiger partial charge in [0.1, 0.15) is 0 Å². The molecule has 1 fully saturated rings. The van der Waals surface area contributed by atoms with Crippen LogP contribution in [0.4, 0.5) is 0 Å². The fraction of sp³-hybridized carbons (Fsp3) is 0.714. The molecule has 14 heavy (non-hydrogen) atoms. The molecule has 80 valence electrons. The lowest BCUT2D eigenvalue weighted by Crippen LogP contribution is -1.98. The Balaban J connectivity index is 2.58. The first kappa shape index (κ1) is 11.6. The molecule has 0 N–H and O–H groups in total. The van der Waals surface area contributed by atoms with E-state index in [1.54, 1.807) is 11.1 Å². The van der Waals surface area contributed by atoms with Gasteiger partial charge in [-0.15, -0.1) is 0 Å². The first-order valence-electron chi connectivity index (χ1n) is 6.27. The third-order valence-corrected chi connectivity index (χ3v) is 2.91. The molecule has 0 aromatic rings. The zero-order valence-electron chi connectivity index (χ0n) is 9.81. The van der Waals surface area contributed by atoms with E-state index in [2.05, 4.69) is 26.0 Å². The van der Waals surface area contributed by atoms with Gasteiger partial charge >= 0.3 is 0 Å². The Morgan fingerprint density at radius 1 is 0.857 bits per heavy atom. The first-order valence-corrected chi connectivity index (χ1v) is 6.27. The maximum absolute atomic E-state index is 2.47. The highest BCUT2D eigenvalue weighted by Gasteiger charge is 2.10. The summed E-state index contributed by atoms with van der Waals surface area (Å²) in [5.74, 6) is 0. The van der Waals surface area contributed by atoms with E-state index in [0.29, 0.717) is 0 Å². The van der Waals surface area contributed by atoms with Crippen LogP contribution in [0.3, 0.4) is 0 Å². The normalized spacial score (nSPS) is 23.3. The zero-order chi connectivity index (χ0) is 10.2. The summed E-state index contributed by atoms with van der Waals surface area (Å²) in [5, 5.41) is 0. The van der Waals surface area contributed by atoms with Crippen LogP contribution in [-0.2, 0) is 0 Å². The molecule has 1 aliphatic rings. The summed E-state index contributed by atoms with van der Waals surface area (Å²) in [5.41, 5.74) is 3.32. The van der Waals surface area contributed by atoms with E-state index in [4.69, 9.17) is 0 Å². The fourth-order valence-electron chi connectivity index (χ4n) is 2.06. The molecule has 0 aromatic carbocycles. The number of rotatable bonds is 4. The Hall–Kier alpha value is -0.520. The summed E-state index contributed by atoms with van der Waals surface area (Å²) in [7, 11) is 0. The summed E-state index contributed by atoms with van der Waals surface area (Å²) < 4.78 is 0. The molecule has 0 radical (unpaired) electrons. The van der Waals surface area contributed by atoms with Crippen molar-refractivity contribution in [1.29, 1.82) is 0 Å². The zero-order valence-corrected chi connectivity index (χ0v) is 9.81. The van der Waals surface area contributed by atoms with E-state index < -0.39 is 0 Å². The highest BCUT2D eigenvalue weighted by Crippen LogP contribution is 2.29. The lowest BCUT2D eigenvalue weighted by Gasteiger charge is -2.18. The molecular formula is C14H24. The molecule has 0 heterocycles. The largest absolute Gasteiger partial charge is 0.0811 e. The van der Waals surface area contributed by atoms with Crippen molar-refractivity contribution in [1.82, 2.24) is 0 Å². The quantitative estimate of drug-likeness (QED) is 0.587. The maximum atomic E-state index is 2.47. The van der Waals surface area contributed by atoms with E-state index in [0.717, 1.165) is 0 Å². The minimum Gasteiger partial charge on any atom is -0.0811 e. The van der Waals surface area contributed by atoms with E-state index in [-0.39, 0.29) is 0 Å². The molecule has 1 saturated carbocycles. The fourth-order valence-corrected chi connectivity index (χ4v) is 2.06. The van der Waals surface area contributed by atoms with Crippen LogP contribution >= 0.6 is 0 Å². The summed E-state index contributed by atoms with van der Waals surface area (Å²) in [4.78, 5) is 0. The average molecular weight is 192 g/mol. The second-order valence-corrected chi connectivity index (χ2v) is 4.24. The first-order chi connectivity index (χ1) is 6.88. The Morgan fingerprint density at radius 2 is 1.29 bits per heavy atom. The van der Waals surface area contributed by atoms with Gasteiger partial charge in [-0.1, -0.05) is 38.8 Å². The molecule has 0 unspecified atom stereocenters.